The second-order valence-electron chi connectivity index (χ2n) is 4.71. The molecule has 1 saturated heterocycles. The van der Waals surface area contributed by atoms with Gasteiger partial charge in [-0.1, -0.05) is 6.92 Å². The van der Waals surface area contributed by atoms with Crippen molar-refractivity contribution in [1.82, 2.24) is 14.9 Å². The van der Waals surface area contributed by atoms with Gasteiger partial charge in [0.15, 0.2) is 5.69 Å². The van der Waals surface area contributed by atoms with E-state index in [1.807, 2.05) is 0 Å². The number of anilines is 1. The number of carbonyl (C=O) groups is 1. The van der Waals surface area contributed by atoms with E-state index in [1.54, 1.807) is 6.20 Å². The van der Waals surface area contributed by atoms with Crippen LogP contribution in [0.2, 0.25) is 0 Å². The van der Waals surface area contributed by atoms with E-state index in [0.29, 0.717) is 11.7 Å². The lowest BCUT2D eigenvalue weighted by Gasteiger charge is -2.13. The van der Waals surface area contributed by atoms with Crippen LogP contribution in [0, 0.1) is 5.92 Å². The van der Waals surface area contributed by atoms with E-state index in [1.165, 1.54) is 26.3 Å². The zero-order valence-corrected chi connectivity index (χ0v) is 11.4. The van der Waals surface area contributed by atoms with Crippen LogP contribution in [0.25, 0.3) is 0 Å². The van der Waals surface area contributed by atoms with Gasteiger partial charge in [0.1, 0.15) is 5.82 Å². The molecule has 0 aromatic carbocycles. The summed E-state index contributed by atoms with van der Waals surface area (Å²) >= 11 is 0. The number of ether oxygens (including phenoxy) is 1. The van der Waals surface area contributed by atoms with Crippen molar-refractivity contribution in [3.63, 3.8) is 0 Å². The minimum absolute atomic E-state index is 0.228. The van der Waals surface area contributed by atoms with Crippen molar-refractivity contribution in [2.45, 2.75) is 13.3 Å². The van der Waals surface area contributed by atoms with E-state index < -0.39 is 5.97 Å². The first kappa shape index (κ1) is 13.7. The lowest BCUT2D eigenvalue weighted by Crippen LogP contribution is -2.22. The lowest BCUT2D eigenvalue weighted by molar-refractivity contribution is 0.0593. The molecule has 1 aliphatic heterocycles. The topological polar surface area (TPSA) is 67.4 Å². The van der Waals surface area contributed by atoms with E-state index in [0.717, 1.165) is 19.6 Å². The SMILES string of the molecule is CCN1CCC(CNc2cnc(C(=O)OC)cn2)C1. The fourth-order valence-corrected chi connectivity index (χ4v) is 2.24. The summed E-state index contributed by atoms with van der Waals surface area (Å²) in [4.78, 5) is 21.8. The number of methoxy groups -OCH3 is 1. The molecular formula is C13H20N4O2. The molecule has 0 radical (unpaired) electrons. The molecule has 19 heavy (non-hydrogen) atoms. The molecule has 1 N–H and O–H groups in total. The summed E-state index contributed by atoms with van der Waals surface area (Å²) in [5.41, 5.74) is 0.228. The van der Waals surface area contributed by atoms with Crippen LogP contribution in [0.15, 0.2) is 12.4 Å². The number of rotatable bonds is 5. The number of nitrogens with zero attached hydrogens (tertiary/aromatic N) is 3. The van der Waals surface area contributed by atoms with E-state index in [2.05, 4.69) is 31.8 Å². The highest BCUT2D eigenvalue weighted by Crippen LogP contribution is 2.16. The molecule has 0 bridgehead atoms. The third kappa shape index (κ3) is 3.64. The van der Waals surface area contributed by atoms with Gasteiger partial charge in [0, 0.05) is 13.1 Å². The van der Waals surface area contributed by atoms with Gasteiger partial charge >= 0.3 is 5.97 Å². The van der Waals surface area contributed by atoms with Crippen LogP contribution in [0.1, 0.15) is 23.8 Å². The highest BCUT2D eigenvalue weighted by atomic mass is 16.5. The average molecular weight is 264 g/mol. The quantitative estimate of drug-likeness (QED) is 0.801. The van der Waals surface area contributed by atoms with Crippen LogP contribution < -0.4 is 5.32 Å². The van der Waals surface area contributed by atoms with Crippen molar-refractivity contribution in [2.75, 3.05) is 38.6 Å². The van der Waals surface area contributed by atoms with Crippen molar-refractivity contribution in [1.29, 1.82) is 0 Å². The highest BCUT2D eigenvalue weighted by molar-refractivity contribution is 5.86. The standard InChI is InChI=1S/C13H20N4O2/c1-3-17-5-4-10(9-17)6-15-12-8-14-11(7-16-12)13(18)19-2/h7-8,10H,3-6,9H2,1-2H3,(H,15,16). The Morgan fingerprint density at radius 1 is 1.53 bits per heavy atom. The van der Waals surface area contributed by atoms with E-state index >= 15 is 0 Å². The molecule has 1 fully saturated rings. The third-order valence-electron chi connectivity index (χ3n) is 3.44. The average Bonchev–Trinajstić information content (AvgIpc) is 2.93. The molecule has 0 amide bonds. The van der Waals surface area contributed by atoms with Crippen LogP contribution in [-0.2, 0) is 4.74 Å². The van der Waals surface area contributed by atoms with Gasteiger partial charge in [0.05, 0.1) is 19.5 Å². The Labute approximate surface area is 113 Å². The molecule has 6 heteroatoms. The molecule has 6 nitrogen and oxygen atoms in total. The third-order valence-corrected chi connectivity index (χ3v) is 3.44. The maximum Gasteiger partial charge on any atom is 0.358 e. The molecule has 1 aromatic heterocycles. The van der Waals surface area contributed by atoms with Crippen molar-refractivity contribution in [2.24, 2.45) is 5.92 Å². The van der Waals surface area contributed by atoms with Gasteiger partial charge in [0.25, 0.3) is 0 Å². The first-order valence-electron chi connectivity index (χ1n) is 6.59. The second kappa shape index (κ2) is 6.47. The second-order valence-corrected chi connectivity index (χ2v) is 4.71. The first-order valence-corrected chi connectivity index (χ1v) is 6.59. The van der Waals surface area contributed by atoms with Crippen LogP contribution in [0.5, 0.6) is 0 Å². The van der Waals surface area contributed by atoms with Gasteiger partial charge in [-0.05, 0) is 25.4 Å². The van der Waals surface area contributed by atoms with Crippen LogP contribution in [0.4, 0.5) is 5.82 Å². The monoisotopic (exact) mass is 264 g/mol. The number of likely N-dealkylation sites (tertiary alicyclic amines) is 1. The van der Waals surface area contributed by atoms with Gasteiger partial charge in [0.2, 0.25) is 0 Å². The molecule has 2 heterocycles. The largest absolute Gasteiger partial charge is 0.464 e. The zero-order valence-electron chi connectivity index (χ0n) is 11.4. The Balaban J connectivity index is 1.82. The Morgan fingerprint density at radius 3 is 2.95 bits per heavy atom. The van der Waals surface area contributed by atoms with Crippen molar-refractivity contribution in [3.05, 3.63) is 18.1 Å². The normalized spacial score (nSPS) is 19.4. The van der Waals surface area contributed by atoms with Gasteiger partial charge in [-0.15, -0.1) is 0 Å². The lowest BCUT2D eigenvalue weighted by atomic mass is 10.1. The number of aromatic nitrogens is 2. The molecule has 1 aromatic rings. The summed E-state index contributed by atoms with van der Waals surface area (Å²) in [6, 6.07) is 0. The van der Waals surface area contributed by atoms with Crippen LogP contribution in [-0.4, -0.2) is 54.1 Å². The molecule has 2 rings (SSSR count). The highest BCUT2D eigenvalue weighted by Gasteiger charge is 2.20. The molecule has 104 valence electrons. The molecular weight excluding hydrogens is 244 g/mol. The molecule has 1 unspecified atom stereocenters. The summed E-state index contributed by atoms with van der Waals surface area (Å²) in [6.07, 6.45) is 4.22. The van der Waals surface area contributed by atoms with Crippen molar-refractivity contribution >= 4 is 11.8 Å². The first-order chi connectivity index (χ1) is 9.22. The maximum absolute atomic E-state index is 11.2. The Bertz CT molecular complexity index is 421. The summed E-state index contributed by atoms with van der Waals surface area (Å²) in [7, 11) is 1.33. The van der Waals surface area contributed by atoms with E-state index in [9.17, 15) is 4.79 Å². The zero-order chi connectivity index (χ0) is 13.7. The van der Waals surface area contributed by atoms with Gasteiger partial charge < -0.3 is 15.0 Å². The molecule has 1 atom stereocenters. The van der Waals surface area contributed by atoms with Gasteiger partial charge in [-0.3, -0.25) is 0 Å². The van der Waals surface area contributed by atoms with Gasteiger partial charge in [-0.25, -0.2) is 14.8 Å². The summed E-state index contributed by atoms with van der Waals surface area (Å²) in [6.45, 7) is 6.51. The van der Waals surface area contributed by atoms with E-state index in [4.69, 9.17) is 0 Å². The van der Waals surface area contributed by atoms with Crippen LogP contribution >= 0.6 is 0 Å². The van der Waals surface area contributed by atoms with Crippen LogP contribution in [0.3, 0.4) is 0 Å². The van der Waals surface area contributed by atoms with Gasteiger partial charge in [-0.2, -0.15) is 0 Å². The summed E-state index contributed by atoms with van der Waals surface area (Å²) in [5.74, 6) is 0.887. The Hall–Kier alpha value is -1.69. The predicted molar refractivity (Wildman–Crippen MR) is 72.1 cm³/mol. The molecule has 0 spiro atoms. The molecule has 0 saturated carbocycles. The Morgan fingerprint density at radius 2 is 2.37 bits per heavy atom. The summed E-state index contributed by atoms with van der Waals surface area (Å²) in [5, 5.41) is 3.26. The minimum atomic E-state index is -0.464. The number of hydrogen-bond donors (Lipinski definition) is 1. The molecule has 1 aliphatic rings. The maximum atomic E-state index is 11.2. The van der Waals surface area contributed by atoms with Crippen molar-refractivity contribution < 1.29 is 9.53 Å². The molecule has 0 aliphatic carbocycles. The van der Waals surface area contributed by atoms with Crippen molar-refractivity contribution in [3.8, 4) is 0 Å². The number of esters is 1. The Kier molecular flexibility index (Phi) is 4.68. The minimum Gasteiger partial charge on any atom is -0.464 e. The predicted octanol–water partition coefficient (Wildman–Crippen LogP) is 1.02. The number of hydrogen-bond acceptors (Lipinski definition) is 6. The smallest absolute Gasteiger partial charge is 0.358 e. The number of nitrogens with one attached hydrogen (secondary N) is 1. The number of carbonyl (C=O) groups excluding carboxylic acids is 1. The summed E-state index contributed by atoms with van der Waals surface area (Å²) < 4.78 is 4.57. The fourth-order valence-electron chi connectivity index (χ4n) is 2.24. The van der Waals surface area contributed by atoms with E-state index in [-0.39, 0.29) is 5.69 Å². The fraction of sp³-hybridized carbons (Fsp3) is 0.615.